The summed E-state index contributed by atoms with van der Waals surface area (Å²) in [6.07, 6.45) is 2.54. The Bertz CT molecular complexity index is 325. The van der Waals surface area contributed by atoms with Crippen molar-refractivity contribution in [2.24, 2.45) is 0 Å². The normalized spacial score (nSPS) is 20.1. The Morgan fingerprint density at radius 1 is 1.29 bits per heavy atom. The minimum Gasteiger partial charge on any atom is -0.315 e. The van der Waals surface area contributed by atoms with Crippen LogP contribution in [0.4, 0.5) is 0 Å². The van der Waals surface area contributed by atoms with E-state index in [0.29, 0.717) is 0 Å². The lowest BCUT2D eigenvalue weighted by atomic mass is 10.1. The summed E-state index contributed by atoms with van der Waals surface area (Å²) < 4.78 is 0. The van der Waals surface area contributed by atoms with Crippen molar-refractivity contribution in [2.45, 2.75) is 39.3 Å². The first-order valence-electron chi connectivity index (χ1n) is 6.80. The molecule has 17 heavy (non-hydrogen) atoms. The van der Waals surface area contributed by atoms with Gasteiger partial charge in [-0.3, -0.25) is 4.90 Å². The third-order valence-electron chi connectivity index (χ3n) is 3.57. The molecule has 1 aliphatic rings. The van der Waals surface area contributed by atoms with Crippen LogP contribution in [0, 0.1) is 6.92 Å². The lowest BCUT2D eigenvalue weighted by molar-refractivity contribution is 0.199. The SMILES string of the molecule is CCCN(Cc1ccc(C)cc1)C1CCNC1. The highest BCUT2D eigenvalue weighted by Crippen LogP contribution is 2.14. The van der Waals surface area contributed by atoms with Crippen molar-refractivity contribution in [1.29, 1.82) is 0 Å². The number of aryl methyl sites for hydroxylation is 1. The molecule has 0 saturated carbocycles. The monoisotopic (exact) mass is 232 g/mol. The highest BCUT2D eigenvalue weighted by atomic mass is 15.2. The molecule has 1 aliphatic heterocycles. The maximum atomic E-state index is 3.46. The third-order valence-corrected chi connectivity index (χ3v) is 3.57. The molecule has 1 saturated heterocycles. The second kappa shape index (κ2) is 6.18. The van der Waals surface area contributed by atoms with Crippen molar-refractivity contribution in [3.63, 3.8) is 0 Å². The lowest BCUT2D eigenvalue weighted by Gasteiger charge is -2.28. The van der Waals surface area contributed by atoms with Crippen LogP contribution in [0.2, 0.25) is 0 Å². The summed E-state index contributed by atoms with van der Waals surface area (Å²) in [7, 11) is 0. The van der Waals surface area contributed by atoms with Crippen LogP contribution in [0.3, 0.4) is 0 Å². The molecular formula is C15H24N2. The molecular weight excluding hydrogens is 208 g/mol. The molecule has 1 fully saturated rings. The van der Waals surface area contributed by atoms with E-state index in [-0.39, 0.29) is 0 Å². The van der Waals surface area contributed by atoms with Crippen molar-refractivity contribution in [1.82, 2.24) is 10.2 Å². The van der Waals surface area contributed by atoms with E-state index in [1.54, 1.807) is 0 Å². The smallest absolute Gasteiger partial charge is 0.0237 e. The topological polar surface area (TPSA) is 15.3 Å². The fraction of sp³-hybridized carbons (Fsp3) is 0.600. The van der Waals surface area contributed by atoms with Crippen molar-refractivity contribution in [3.05, 3.63) is 35.4 Å². The molecule has 2 heteroatoms. The van der Waals surface area contributed by atoms with Crippen LogP contribution < -0.4 is 5.32 Å². The van der Waals surface area contributed by atoms with E-state index in [1.165, 1.54) is 37.1 Å². The molecule has 0 bridgehead atoms. The van der Waals surface area contributed by atoms with Crippen molar-refractivity contribution >= 4 is 0 Å². The van der Waals surface area contributed by atoms with Crippen molar-refractivity contribution < 1.29 is 0 Å². The molecule has 1 atom stereocenters. The molecule has 0 spiro atoms. The Balaban J connectivity index is 1.98. The summed E-state index contributed by atoms with van der Waals surface area (Å²) in [4.78, 5) is 2.63. The fourth-order valence-electron chi connectivity index (χ4n) is 2.56. The molecule has 2 rings (SSSR count). The molecule has 1 aromatic carbocycles. The molecule has 0 aromatic heterocycles. The molecule has 1 unspecified atom stereocenters. The summed E-state index contributed by atoms with van der Waals surface area (Å²) in [6.45, 7) is 9.06. The summed E-state index contributed by atoms with van der Waals surface area (Å²) >= 11 is 0. The molecule has 2 nitrogen and oxygen atoms in total. The Hall–Kier alpha value is -0.860. The Morgan fingerprint density at radius 3 is 2.65 bits per heavy atom. The van der Waals surface area contributed by atoms with Gasteiger partial charge in [0.2, 0.25) is 0 Å². The number of hydrogen-bond acceptors (Lipinski definition) is 2. The average Bonchev–Trinajstić information content (AvgIpc) is 2.85. The first-order chi connectivity index (χ1) is 8.29. The molecule has 94 valence electrons. The van der Waals surface area contributed by atoms with Gasteiger partial charge in [0.15, 0.2) is 0 Å². The summed E-state index contributed by atoms with van der Waals surface area (Å²) in [6, 6.07) is 9.69. The number of rotatable bonds is 5. The van der Waals surface area contributed by atoms with E-state index < -0.39 is 0 Å². The van der Waals surface area contributed by atoms with Crippen LogP contribution in [0.5, 0.6) is 0 Å². The number of nitrogens with zero attached hydrogens (tertiary/aromatic N) is 1. The molecule has 0 amide bonds. The van der Waals surface area contributed by atoms with Crippen LogP contribution in [0.15, 0.2) is 24.3 Å². The average molecular weight is 232 g/mol. The van der Waals surface area contributed by atoms with Gasteiger partial charge in [0.25, 0.3) is 0 Å². The minimum atomic E-state index is 0.733. The van der Waals surface area contributed by atoms with Gasteiger partial charge in [-0.15, -0.1) is 0 Å². The number of benzene rings is 1. The molecule has 1 aromatic rings. The molecule has 0 aliphatic carbocycles. The Morgan fingerprint density at radius 2 is 2.06 bits per heavy atom. The first kappa shape index (κ1) is 12.6. The standard InChI is InChI=1S/C15H24N2/c1-3-10-17(15-8-9-16-11-15)12-14-6-4-13(2)5-7-14/h4-7,15-16H,3,8-12H2,1-2H3. The first-order valence-corrected chi connectivity index (χ1v) is 6.80. The van der Waals surface area contributed by atoms with Gasteiger partial charge < -0.3 is 5.32 Å². The number of hydrogen-bond donors (Lipinski definition) is 1. The minimum absolute atomic E-state index is 0.733. The Kier molecular flexibility index (Phi) is 4.57. The predicted octanol–water partition coefficient (Wildman–Crippen LogP) is 2.57. The zero-order valence-corrected chi connectivity index (χ0v) is 11.1. The van der Waals surface area contributed by atoms with Gasteiger partial charge in [-0.05, 0) is 38.4 Å². The summed E-state index contributed by atoms with van der Waals surface area (Å²) in [5.41, 5.74) is 2.79. The fourth-order valence-corrected chi connectivity index (χ4v) is 2.56. The van der Waals surface area contributed by atoms with Gasteiger partial charge in [-0.25, -0.2) is 0 Å². The maximum absolute atomic E-state index is 3.46. The summed E-state index contributed by atoms with van der Waals surface area (Å²) in [5.74, 6) is 0. The van der Waals surface area contributed by atoms with E-state index >= 15 is 0 Å². The number of nitrogens with one attached hydrogen (secondary N) is 1. The quantitative estimate of drug-likeness (QED) is 0.839. The largest absolute Gasteiger partial charge is 0.315 e. The molecule has 1 heterocycles. The van der Waals surface area contributed by atoms with Crippen molar-refractivity contribution in [3.8, 4) is 0 Å². The van der Waals surface area contributed by atoms with Gasteiger partial charge in [-0.1, -0.05) is 36.8 Å². The lowest BCUT2D eigenvalue weighted by Crippen LogP contribution is -2.36. The van der Waals surface area contributed by atoms with Gasteiger partial charge in [0.1, 0.15) is 0 Å². The van der Waals surface area contributed by atoms with E-state index in [0.717, 1.165) is 19.1 Å². The predicted molar refractivity (Wildman–Crippen MR) is 73.2 cm³/mol. The Labute approximate surface area is 105 Å². The maximum Gasteiger partial charge on any atom is 0.0237 e. The van der Waals surface area contributed by atoms with E-state index in [4.69, 9.17) is 0 Å². The van der Waals surface area contributed by atoms with E-state index in [2.05, 4.69) is 48.3 Å². The molecule has 0 radical (unpaired) electrons. The van der Waals surface area contributed by atoms with Crippen molar-refractivity contribution in [2.75, 3.05) is 19.6 Å². The van der Waals surface area contributed by atoms with Crippen LogP contribution in [0.25, 0.3) is 0 Å². The highest BCUT2D eigenvalue weighted by Gasteiger charge is 2.21. The molecule has 1 N–H and O–H groups in total. The third kappa shape index (κ3) is 3.55. The zero-order valence-electron chi connectivity index (χ0n) is 11.1. The second-order valence-electron chi connectivity index (χ2n) is 5.10. The van der Waals surface area contributed by atoms with Crippen LogP contribution >= 0.6 is 0 Å². The van der Waals surface area contributed by atoms with Gasteiger partial charge in [0, 0.05) is 19.1 Å². The zero-order chi connectivity index (χ0) is 12.1. The highest BCUT2D eigenvalue weighted by molar-refractivity contribution is 5.21. The van der Waals surface area contributed by atoms with E-state index in [9.17, 15) is 0 Å². The van der Waals surface area contributed by atoms with Gasteiger partial charge in [0.05, 0.1) is 0 Å². The second-order valence-corrected chi connectivity index (χ2v) is 5.10. The summed E-state index contributed by atoms with van der Waals surface area (Å²) in [5, 5.41) is 3.46. The van der Waals surface area contributed by atoms with Gasteiger partial charge >= 0.3 is 0 Å². The van der Waals surface area contributed by atoms with Crippen LogP contribution in [0.1, 0.15) is 30.9 Å². The van der Waals surface area contributed by atoms with Crippen LogP contribution in [-0.4, -0.2) is 30.6 Å². The van der Waals surface area contributed by atoms with E-state index in [1.807, 2.05) is 0 Å². The van der Waals surface area contributed by atoms with Gasteiger partial charge in [-0.2, -0.15) is 0 Å². The van der Waals surface area contributed by atoms with Crippen LogP contribution in [-0.2, 0) is 6.54 Å².